The second-order valence-corrected chi connectivity index (χ2v) is 3.32. The predicted octanol–water partition coefficient (Wildman–Crippen LogP) is 2.52. The van der Waals surface area contributed by atoms with Gasteiger partial charge in [-0.3, -0.25) is 0 Å². The Hall–Kier alpha value is -2.36. The first-order valence-corrected chi connectivity index (χ1v) is 4.86. The van der Waals surface area contributed by atoms with E-state index in [0.717, 1.165) is 11.3 Å². The van der Waals surface area contributed by atoms with Gasteiger partial charge in [0.05, 0.1) is 0 Å². The second-order valence-electron chi connectivity index (χ2n) is 3.32. The number of hydrogen-bond donors (Lipinski definition) is 0. The minimum Gasteiger partial charge on any atom is -0.454 e. The number of hydrogen-bond acceptors (Lipinski definition) is 4. The van der Waals surface area contributed by atoms with Gasteiger partial charge < -0.3 is 9.26 Å². The lowest BCUT2D eigenvalue weighted by Crippen LogP contribution is -1.95. The van der Waals surface area contributed by atoms with Gasteiger partial charge in [0.1, 0.15) is 5.75 Å². The number of allylic oxidation sites excluding steroid dienone is 2. The van der Waals surface area contributed by atoms with Gasteiger partial charge in [-0.15, -0.1) is 5.10 Å². The molecule has 0 bridgehead atoms. The number of fused-ring (bicyclic) bond motifs is 1. The second kappa shape index (κ2) is 3.66. The van der Waals surface area contributed by atoms with Crippen molar-refractivity contribution in [1.82, 2.24) is 10.4 Å². The van der Waals surface area contributed by atoms with Gasteiger partial charge >= 0.3 is 0 Å². The average molecular weight is 212 g/mol. The van der Waals surface area contributed by atoms with Crippen molar-refractivity contribution >= 4 is 11.8 Å². The van der Waals surface area contributed by atoms with Gasteiger partial charge in [-0.25, -0.2) is 0 Å². The first kappa shape index (κ1) is 8.91. The van der Waals surface area contributed by atoms with Crippen molar-refractivity contribution in [3.63, 3.8) is 0 Å². The molecule has 0 amide bonds. The molecule has 1 aliphatic heterocycles. The third-order valence-electron chi connectivity index (χ3n) is 2.27. The lowest BCUT2D eigenvalue weighted by atomic mass is 10.2. The van der Waals surface area contributed by atoms with Crippen LogP contribution in [0.5, 0.6) is 5.75 Å². The largest absolute Gasteiger partial charge is 0.454 e. The Morgan fingerprint density at radius 2 is 2.06 bits per heavy atom. The molecule has 4 heteroatoms. The van der Waals surface area contributed by atoms with Crippen LogP contribution in [0.15, 0.2) is 47.2 Å². The molecular weight excluding hydrogens is 204 g/mol. The van der Waals surface area contributed by atoms with Gasteiger partial charge in [-0.2, -0.15) is 0 Å². The molecule has 1 aromatic heterocycles. The van der Waals surface area contributed by atoms with Gasteiger partial charge in [0.2, 0.25) is 0 Å². The lowest BCUT2D eigenvalue weighted by Gasteiger charge is -2.07. The third kappa shape index (κ3) is 1.50. The molecule has 0 saturated carbocycles. The van der Waals surface area contributed by atoms with E-state index in [1.165, 1.54) is 6.26 Å². The number of ether oxygens (including phenoxy) is 1. The van der Waals surface area contributed by atoms with Crippen molar-refractivity contribution < 1.29 is 9.26 Å². The van der Waals surface area contributed by atoms with E-state index in [9.17, 15) is 0 Å². The molecule has 1 aliphatic rings. The van der Waals surface area contributed by atoms with E-state index in [-0.39, 0.29) is 0 Å². The average Bonchev–Trinajstić information content (AvgIpc) is 2.75. The maximum atomic E-state index is 5.74. The van der Waals surface area contributed by atoms with Crippen molar-refractivity contribution in [1.29, 1.82) is 0 Å². The van der Waals surface area contributed by atoms with Crippen molar-refractivity contribution in [2.75, 3.05) is 0 Å². The van der Waals surface area contributed by atoms with Gasteiger partial charge in [0, 0.05) is 10.8 Å². The summed E-state index contributed by atoms with van der Waals surface area (Å²) in [5, 5.41) is 7.22. The number of nitrogens with zero attached hydrogens (tertiary/aromatic N) is 2. The van der Waals surface area contributed by atoms with Crippen LogP contribution in [0.25, 0.3) is 11.8 Å². The van der Waals surface area contributed by atoms with Crippen LogP contribution in [-0.4, -0.2) is 10.4 Å². The van der Waals surface area contributed by atoms with Crippen molar-refractivity contribution in [3.8, 4) is 5.75 Å². The quantitative estimate of drug-likeness (QED) is 0.728. The minimum atomic E-state index is 0.585. The van der Waals surface area contributed by atoms with Crippen molar-refractivity contribution in [3.05, 3.63) is 53.9 Å². The van der Waals surface area contributed by atoms with Crippen LogP contribution >= 0.6 is 0 Å². The number of aromatic nitrogens is 2. The minimum absolute atomic E-state index is 0.585. The Morgan fingerprint density at radius 3 is 2.94 bits per heavy atom. The smallest absolute Gasteiger partial charge is 0.169 e. The van der Waals surface area contributed by atoms with Crippen LogP contribution in [0, 0.1) is 0 Å². The molecule has 0 radical (unpaired) electrons. The molecule has 16 heavy (non-hydrogen) atoms. The summed E-state index contributed by atoms with van der Waals surface area (Å²) < 4.78 is 10.4. The molecule has 4 nitrogen and oxygen atoms in total. The number of rotatable bonds is 1. The van der Waals surface area contributed by atoms with E-state index in [4.69, 9.17) is 9.26 Å². The number of benzene rings is 1. The molecule has 3 rings (SSSR count). The first-order valence-electron chi connectivity index (χ1n) is 4.86. The third-order valence-corrected chi connectivity index (χ3v) is 2.27. The Morgan fingerprint density at radius 1 is 1.12 bits per heavy atom. The Kier molecular flexibility index (Phi) is 2.04. The summed E-state index contributed by atoms with van der Waals surface area (Å²) in [4.78, 5) is 0. The Balaban J connectivity index is 2.03. The van der Waals surface area contributed by atoms with Crippen LogP contribution in [-0.2, 0) is 0 Å². The molecule has 0 atom stereocenters. The normalized spacial score (nSPS) is 13.6. The molecule has 0 unspecified atom stereocenters. The molecular formula is C12H8N2O2. The molecule has 0 fully saturated rings. The lowest BCUT2D eigenvalue weighted by molar-refractivity contribution is 0.392. The van der Waals surface area contributed by atoms with E-state index >= 15 is 0 Å². The van der Waals surface area contributed by atoms with Crippen LogP contribution in [0.2, 0.25) is 0 Å². The predicted molar refractivity (Wildman–Crippen MR) is 58.4 cm³/mol. The zero-order chi connectivity index (χ0) is 10.8. The van der Waals surface area contributed by atoms with Gasteiger partial charge in [0.25, 0.3) is 0 Å². The number of para-hydroxylation sites is 1. The highest BCUT2D eigenvalue weighted by atomic mass is 16.5. The summed E-state index contributed by atoms with van der Waals surface area (Å²) in [6.45, 7) is 0. The standard InChI is InChI=1S/C12H8N2O2/c1-2-6-11-9(4-1)5-3-7-12(16-11)10-8-15-14-13-10/h1-8H. The van der Waals surface area contributed by atoms with E-state index in [1.807, 2.05) is 42.5 Å². The van der Waals surface area contributed by atoms with Crippen molar-refractivity contribution in [2.24, 2.45) is 0 Å². The highest BCUT2D eigenvalue weighted by molar-refractivity contribution is 5.69. The Bertz CT molecular complexity index is 556. The SMILES string of the molecule is C1=Cc2ccccc2OC(c2conn2)=C1. The van der Waals surface area contributed by atoms with E-state index in [1.54, 1.807) is 0 Å². The van der Waals surface area contributed by atoms with Crippen molar-refractivity contribution in [2.45, 2.75) is 0 Å². The molecule has 0 saturated heterocycles. The summed E-state index contributed by atoms with van der Waals surface area (Å²) in [5.41, 5.74) is 1.62. The fourth-order valence-corrected chi connectivity index (χ4v) is 1.51. The highest BCUT2D eigenvalue weighted by Gasteiger charge is 2.11. The fourth-order valence-electron chi connectivity index (χ4n) is 1.51. The molecule has 78 valence electrons. The van der Waals surface area contributed by atoms with E-state index in [0.29, 0.717) is 11.5 Å². The summed E-state index contributed by atoms with van der Waals surface area (Å²) in [7, 11) is 0. The maximum absolute atomic E-state index is 5.74. The van der Waals surface area contributed by atoms with E-state index < -0.39 is 0 Å². The molecule has 2 aromatic rings. The first-order chi connectivity index (χ1) is 7.93. The van der Waals surface area contributed by atoms with Gasteiger partial charge in [0.15, 0.2) is 17.7 Å². The van der Waals surface area contributed by atoms with Crippen LogP contribution in [0.4, 0.5) is 0 Å². The zero-order valence-electron chi connectivity index (χ0n) is 8.33. The molecule has 0 spiro atoms. The highest BCUT2D eigenvalue weighted by Crippen LogP contribution is 2.27. The van der Waals surface area contributed by atoms with Gasteiger partial charge in [-0.1, -0.05) is 30.4 Å². The monoisotopic (exact) mass is 212 g/mol. The maximum Gasteiger partial charge on any atom is 0.169 e. The topological polar surface area (TPSA) is 48.2 Å². The zero-order valence-corrected chi connectivity index (χ0v) is 8.33. The molecule has 0 aliphatic carbocycles. The molecule has 0 N–H and O–H groups in total. The summed E-state index contributed by atoms with van der Waals surface area (Å²) in [6.07, 6.45) is 7.18. The summed E-state index contributed by atoms with van der Waals surface area (Å²) in [5.74, 6) is 1.42. The fraction of sp³-hybridized carbons (Fsp3) is 0. The Labute approximate surface area is 91.8 Å². The summed E-state index contributed by atoms with van der Waals surface area (Å²) >= 11 is 0. The summed E-state index contributed by atoms with van der Waals surface area (Å²) in [6, 6.07) is 7.79. The molecule has 1 aromatic carbocycles. The van der Waals surface area contributed by atoms with Crippen LogP contribution in [0.3, 0.4) is 0 Å². The van der Waals surface area contributed by atoms with Gasteiger partial charge in [-0.05, 0) is 12.1 Å². The van der Waals surface area contributed by atoms with Crippen LogP contribution < -0.4 is 4.74 Å². The molecule has 2 heterocycles. The van der Waals surface area contributed by atoms with Crippen LogP contribution in [0.1, 0.15) is 11.3 Å². The van der Waals surface area contributed by atoms with E-state index in [2.05, 4.69) is 10.4 Å².